The Balaban J connectivity index is 2.33. The van der Waals surface area contributed by atoms with Gasteiger partial charge in [-0.05, 0) is 39.5 Å². The third kappa shape index (κ3) is 2.49. The van der Waals surface area contributed by atoms with Gasteiger partial charge in [0.25, 0.3) is 0 Å². The largest absolute Gasteiger partial charge is 0.308 e. The van der Waals surface area contributed by atoms with Gasteiger partial charge >= 0.3 is 0 Å². The maximum Gasteiger partial charge on any atom is 0.0638 e. The molecule has 1 fully saturated rings. The average Bonchev–Trinajstić information content (AvgIpc) is 2.65. The van der Waals surface area contributed by atoms with Gasteiger partial charge in [0.2, 0.25) is 0 Å². The summed E-state index contributed by atoms with van der Waals surface area (Å²) in [6.07, 6.45) is 3.30. The summed E-state index contributed by atoms with van der Waals surface area (Å²) in [6.45, 7) is 6.55. The molecule has 0 radical (unpaired) electrons. The minimum absolute atomic E-state index is 0.232. The predicted molar refractivity (Wildman–Crippen MR) is 49.6 cm³/mol. The topological polar surface area (TPSA) is 35.8 Å². The van der Waals surface area contributed by atoms with Crippen LogP contribution in [0.2, 0.25) is 0 Å². The molecule has 0 aromatic carbocycles. The Bertz CT molecular complexity index is 187. The van der Waals surface area contributed by atoms with Gasteiger partial charge in [0.1, 0.15) is 0 Å². The second-order valence-corrected chi connectivity index (χ2v) is 4.40. The number of hydrogen-bond donors (Lipinski definition) is 1. The molecule has 68 valence electrons. The number of rotatable bonds is 4. The summed E-state index contributed by atoms with van der Waals surface area (Å²) < 4.78 is 0. The number of hydrogen-bond acceptors (Lipinski definition) is 2. The Morgan fingerprint density at radius 3 is 2.58 bits per heavy atom. The van der Waals surface area contributed by atoms with Crippen molar-refractivity contribution in [2.75, 3.05) is 0 Å². The fraction of sp³-hybridized carbons (Fsp3) is 0.900. The summed E-state index contributed by atoms with van der Waals surface area (Å²) in [5.41, 5.74) is 0.232. The van der Waals surface area contributed by atoms with E-state index < -0.39 is 0 Å². The zero-order chi connectivity index (χ0) is 9.19. The van der Waals surface area contributed by atoms with Crippen LogP contribution in [0.15, 0.2) is 0 Å². The molecule has 1 unspecified atom stereocenters. The Hall–Kier alpha value is -0.550. The molecular weight excluding hydrogens is 148 g/mol. The van der Waals surface area contributed by atoms with E-state index in [1.165, 1.54) is 12.8 Å². The standard InChI is InChI=1S/C10H18N2/c1-8(6-7-11)12-10(2,3)9-4-5-9/h8-9,12H,4-6H2,1-3H3. The summed E-state index contributed by atoms with van der Waals surface area (Å²) in [4.78, 5) is 0. The fourth-order valence-electron chi connectivity index (χ4n) is 1.75. The second-order valence-electron chi connectivity index (χ2n) is 4.40. The monoisotopic (exact) mass is 166 g/mol. The summed E-state index contributed by atoms with van der Waals surface area (Å²) in [6, 6.07) is 2.51. The van der Waals surface area contributed by atoms with Gasteiger partial charge in [-0.15, -0.1) is 0 Å². The molecule has 1 rings (SSSR count). The lowest BCUT2D eigenvalue weighted by Gasteiger charge is -2.29. The lowest BCUT2D eigenvalue weighted by Crippen LogP contribution is -2.46. The third-order valence-corrected chi connectivity index (χ3v) is 2.61. The maximum absolute atomic E-state index is 8.50. The molecule has 0 bridgehead atoms. The van der Waals surface area contributed by atoms with Crippen LogP contribution in [0.1, 0.15) is 40.0 Å². The van der Waals surface area contributed by atoms with Crippen LogP contribution in [-0.2, 0) is 0 Å². The molecule has 1 saturated carbocycles. The van der Waals surface area contributed by atoms with Crippen LogP contribution in [-0.4, -0.2) is 11.6 Å². The van der Waals surface area contributed by atoms with E-state index in [9.17, 15) is 0 Å². The zero-order valence-corrected chi connectivity index (χ0v) is 8.22. The van der Waals surface area contributed by atoms with Crippen LogP contribution in [0.25, 0.3) is 0 Å². The summed E-state index contributed by atoms with van der Waals surface area (Å²) in [5.74, 6) is 0.832. The highest BCUT2D eigenvalue weighted by atomic mass is 15.0. The maximum atomic E-state index is 8.50. The van der Waals surface area contributed by atoms with Crippen molar-refractivity contribution in [1.82, 2.24) is 5.32 Å². The number of nitriles is 1. The molecule has 0 spiro atoms. The van der Waals surface area contributed by atoms with Gasteiger partial charge in [-0.25, -0.2) is 0 Å². The molecule has 0 saturated heterocycles. The zero-order valence-electron chi connectivity index (χ0n) is 8.22. The van der Waals surface area contributed by atoms with Gasteiger partial charge in [0.15, 0.2) is 0 Å². The molecular formula is C10H18N2. The second kappa shape index (κ2) is 3.45. The van der Waals surface area contributed by atoms with Crippen LogP contribution in [0, 0.1) is 17.2 Å². The van der Waals surface area contributed by atoms with Gasteiger partial charge in [-0.1, -0.05) is 0 Å². The van der Waals surface area contributed by atoms with Crippen molar-refractivity contribution in [2.24, 2.45) is 5.92 Å². The summed E-state index contributed by atoms with van der Waals surface area (Å²) >= 11 is 0. The number of nitrogens with one attached hydrogen (secondary N) is 1. The summed E-state index contributed by atoms with van der Waals surface area (Å²) in [7, 11) is 0. The van der Waals surface area contributed by atoms with Gasteiger partial charge in [0, 0.05) is 11.6 Å². The first-order valence-corrected chi connectivity index (χ1v) is 4.71. The highest BCUT2D eigenvalue weighted by Crippen LogP contribution is 2.39. The highest BCUT2D eigenvalue weighted by Gasteiger charge is 2.37. The van der Waals surface area contributed by atoms with E-state index in [0.717, 1.165) is 5.92 Å². The third-order valence-electron chi connectivity index (χ3n) is 2.61. The molecule has 0 aliphatic heterocycles. The first-order valence-electron chi connectivity index (χ1n) is 4.71. The van der Waals surface area contributed by atoms with Crippen molar-refractivity contribution in [3.63, 3.8) is 0 Å². The van der Waals surface area contributed by atoms with E-state index in [4.69, 9.17) is 5.26 Å². The van der Waals surface area contributed by atoms with Crippen LogP contribution in [0.5, 0.6) is 0 Å². The van der Waals surface area contributed by atoms with E-state index >= 15 is 0 Å². The van der Waals surface area contributed by atoms with Crippen molar-refractivity contribution in [2.45, 2.75) is 51.6 Å². The molecule has 2 nitrogen and oxygen atoms in total. The Kier molecular flexibility index (Phi) is 2.74. The molecule has 1 atom stereocenters. The smallest absolute Gasteiger partial charge is 0.0638 e. The molecule has 1 aliphatic rings. The molecule has 0 amide bonds. The minimum Gasteiger partial charge on any atom is -0.308 e. The van der Waals surface area contributed by atoms with Gasteiger partial charge in [-0.3, -0.25) is 0 Å². The van der Waals surface area contributed by atoms with Crippen LogP contribution in [0.3, 0.4) is 0 Å². The quantitative estimate of drug-likeness (QED) is 0.694. The van der Waals surface area contributed by atoms with Crippen LogP contribution >= 0.6 is 0 Å². The van der Waals surface area contributed by atoms with E-state index in [0.29, 0.717) is 12.5 Å². The van der Waals surface area contributed by atoms with E-state index in [-0.39, 0.29) is 5.54 Å². The lowest BCUT2D eigenvalue weighted by atomic mass is 9.97. The molecule has 2 heteroatoms. The van der Waals surface area contributed by atoms with E-state index in [1.807, 2.05) is 0 Å². The lowest BCUT2D eigenvalue weighted by molar-refractivity contribution is 0.307. The Morgan fingerprint density at radius 2 is 2.17 bits per heavy atom. The predicted octanol–water partition coefficient (Wildman–Crippen LogP) is 2.07. The molecule has 0 aromatic heterocycles. The summed E-state index contributed by atoms with van der Waals surface area (Å²) in [5, 5.41) is 12.0. The molecule has 0 aromatic rings. The Labute approximate surface area is 75.0 Å². The molecule has 1 aliphatic carbocycles. The highest BCUT2D eigenvalue weighted by molar-refractivity contribution is 4.96. The van der Waals surface area contributed by atoms with Crippen LogP contribution < -0.4 is 5.32 Å². The molecule has 0 heterocycles. The fourth-order valence-corrected chi connectivity index (χ4v) is 1.75. The molecule has 12 heavy (non-hydrogen) atoms. The number of nitrogens with zero attached hydrogens (tertiary/aromatic N) is 1. The molecule has 1 N–H and O–H groups in total. The normalized spacial score (nSPS) is 20.2. The van der Waals surface area contributed by atoms with E-state index in [1.54, 1.807) is 0 Å². The minimum atomic E-state index is 0.232. The Morgan fingerprint density at radius 1 is 1.58 bits per heavy atom. The van der Waals surface area contributed by atoms with Crippen molar-refractivity contribution < 1.29 is 0 Å². The average molecular weight is 166 g/mol. The van der Waals surface area contributed by atoms with Crippen molar-refractivity contribution in [1.29, 1.82) is 5.26 Å². The van der Waals surface area contributed by atoms with Crippen molar-refractivity contribution >= 4 is 0 Å². The van der Waals surface area contributed by atoms with Gasteiger partial charge < -0.3 is 5.32 Å². The van der Waals surface area contributed by atoms with Crippen molar-refractivity contribution in [3.05, 3.63) is 0 Å². The van der Waals surface area contributed by atoms with Gasteiger partial charge in [-0.2, -0.15) is 5.26 Å². The first-order chi connectivity index (χ1) is 5.56. The van der Waals surface area contributed by atoms with Crippen LogP contribution in [0.4, 0.5) is 0 Å². The van der Waals surface area contributed by atoms with Crippen molar-refractivity contribution in [3.8, 4) is 6.07 Å². The SMILES string of the molecule is CC(CC#N)NC(C)(C)C1CC1. The first kappa shape index (κ1) is 9.54. The van der Waals surface area contributed by atoms with E-state index in [2.05, 4.69) is 32.2 Å². The van der Waals surface area contributed by atoms with Gasteiger partial charge in [0.05, 0.1) is 12.5 Å².